The monoisotopic (exact) mass is 293 g/mol. The van der Waals surface area contributed by atoms with Gasteiger partial charge in [0.15, 0.2) is 0 Å². The van der Waals surface area contributed by atoms with Crippen LogP contribution in [0.4, 0.5) is 5.69 Å². The molecule has 0 saturated carbocycles. The Bertz CT molecular complexity index is 779. The summed E-state index contributed by atoms with van der Waals surface area (Å²) in [7, 11) is 0. The molecule has 3 aliphatic heterocycles. The molecule has 0 amide bonds. The van der Waals surface area contributed by atoms with Crippen molar-refractivity contribution in [2.45, 2.75) is 32.1 Å². The second kappa shape index (κ2) is 4.42. The molecule has 2 aromatic carbocycles. The molecule has 1 N–H and O–H groups in total. The van der Waals surface area contributed by atoms with Gasteiger partial charge in [-0.1, -0.05) is 6.07 Å². The highest BCUT2D eigenvalue weighted by atomic mass is 16.5. The standard InChI is InChI=1S/C19H19NO2/c21-15-6-5-12-9-14-10-13-3-1-7-20-8-2-4-16(18(13)20)19(14)22-17(12)11-15/h5-6,10-11,21H,1-4,7-9H2. The first kappa shape index (κ1) is 12.4. The maximum absolute atomic E-state index is 9.72. The minimum absolute atomic E-state index is 0.274. The lowest BCUT2D eigenvalue weighted by molar-refractivity contribution is 0.435. The van der Waals surface area contributed by atoms with E-state index in [0.29, 0.717) is 0 Å². The fourth-order valence-electron chi connectivity index (χ4n) is 4.26. The molecule has 0 saturated heterocycles. The lowest BCUT2D eigenvalue weighted by Crippen LogP contribution is -2.35. The third kappa shape index (κ3) is 1.68. The van der Waals surface area contributed by atoms with Crippen LogP contribution in [0.1, 0.15) is 35.1 Å². The SMILES string of the molecule is Oc1ccc2c(c1)Oc1c(cc3c4c1CCCN4CCC3)C2. The smallest absolute Gasteiger partial charge is 0.136 e. The molecule has 3 aliphatic rings. The Labute approximate surface area is 130 Å². The first-order valence-electron chi connectivity index (χ1n) is 8.22. The highest BCUT2D eigenvalue weighted by Crippen LogP contribution is 2.47. The molecule has 0 atom stereocenters. The molecule has 112 valence electrons. The average Bonchev–Trinajstić information content (AvgIpc) is 2.54. The van der Waals surface area contributed by atoms with Crippen molar-refractivity contribution >= 4 is 5.69 Å². The summed E-state index contributed by atoms with van der Waals surface area (Å²) in [6.45, 7) is 2.35. The third-order valence-electron chi connectivity index (χ3n) is 5.19. The van der Waals surface area contributed by atoms with Crippen molar-refractivity contribution in [1.82, 2.24) is 0 Å². The fourth-order valence-corrected chi connectivity index (χ4v) is 4.26. The van der Waals surface area contributed by atoms with E-state index in [2.05, 4.69) is 11.0 Å². The molecular formula is C19H19NO2. The number of ether oxygens (including phenoxy) is 1. The first-order valence-corrected chi connectivity index (χ1v) is 8.22. The predicted molar refractivity (Wildman–Crippen MR) is 86.3 cm³/mol. The number of nitrogens with zero attached hydrogens (tertiary/aromatic N) is 1. The maximum Gasteiger partial charge on any atom is 0.136 e. The van der Waals surface area contributed by atoms with Gasteiger partial charge in [0.1, 0.15) is 17.2 Å². The van der Waals surface area contributed by atoms with Crippen molar-refractivity contribution in [3.8, 4) is 17.2 Å². The summed E-state index contributed by atoms with van der Waals surface area (Å²) in [6, 6.07) is 7.83. The van der Waals surface area contributed by atoms with E-state index < -0.39 is 0 Å². The quantitative estimate of drug-likeness (QED) is 0.684. The second-order valence-electron chi connectivity index (χ2n) is 6.62. The summed E-state index contributed by atoms with van der Waals surface area (Å²) in [5.41, 5.74) is 6.83. The van der Waals surface area contributed by atoms with Gasteiger partial charge < -0.3 is 14.7 Å². The molecule has 22 heavy (non-hydrogen) atoms. The van der Waals surface area contributed by atoms with Gasteiger partial charge in [0.2, 0.25) is 0 Å². The number of phenolic OH excluding ortho intramolecular Hbond substituents is 1. The van der Waals surface area contributed by atoms with Crippen molar-refractivity contribution < 1.29 is 9.84 Å². The van der Waals surface area contributed by atoms with Gasteiger partial charge in [-0.3, -0.25) is 0 Å². The molecule has 0 aliphatic carbocycles. The lowest BCUT2D eigenvalue weighted by atomic mass is 9.86. The Kier molecular flexibility index (Phi) is 2.49. The Balaban J connectivity index is 1.70. The summed E-state index contributed by atoms with van der Waals surface area (Å²) in [4.78, 5) is 2.54. The molecule has 2 aromatic rings. The van der Waals surface area contributed by atoms with Crippen LogP contribution in [-0.4, -0.2) is 18.2 Å². The number of hydrogen-bond donors (Lipinski definition) is 1. The van der Waals surface area contributed by atoms with Crippen LogP contribution in [0.3, 0.4) is 0 Å². The molecule has 0 spiro atoms. The molecule has 3 heteroatoms. The highest BCUT2D eigenvalue weighted by molar-refractivity contribution is 5.71. The Morgan fingerprint density at radius 2 is 1.82 bits per heavy atom. The van der Waals surface area contributed by atoms with E-state index in [-0.39, 0.29) is 5.75 Å². The van der Waals surface area contributed by atoms with Gasteiger partial charge in [-0.2, -0.15) is 0 Å². The van der Waals surface area contributed by atoms with Gasteiger partial charge >= 0.3 is 0 Å². The molecule has 0 radical (unpaired) electrons. The number of hydrogen-bond acceptors (Lipinski definition) is 3. The number of benzene rings is 2. The Morgan fingerprint density at radius 1 is 0.955 bits per heavy atom. The van der Waals surface area contributed by atoms with Crippen LogP contribution >= 0.6 is 0 Å². The van der Waals surface area contributed by atoms with Crippen LogP contribution in [0.15, 0.2) is 24.3 Å². The zero-order valence-electron chi connectivity index (χ0n) is 12.6. The Hall–Kier alpha value is -2.16. The summed E-state index contributed by atoms with van der Waals surface area (Å²) >= 11 is 0. The van der Waals surface area contributed by atoms with Crippen LogP contribution in [0.25, 0.3) is 0 Å². The fraction of sp³-hybridized carbons (Fsp3) is 0.368. The molecule has 5 rings (SSSR count). The summed E-state index contributed by atoms with van der Waals surface area (Å²) < 4.78 is 6.24. The van der Waals surface area contributed by atoms with E-state index in [1.165, 1.54) is 60.3 Å². The lowest BCUT2D eigenvalue weighted by Gasteiger charge is -2.39. The minimum atomic E-state index is 0.274. The van der Waals surface area contributed by atoms with E-state index in [4.69, 9.17) is 4.74 Å². The van der Waals surface area contributed by atoms with Crippen LogP contribution in [-0.2, 0) is 19.3 Å². The molecule has 0 aromatic heterocycles. The number of phenols is 1. The summed E-state index contributed by atoms with van der Waals surface area (Å²) in [6.07, 6.45) is 5.67. The second-order valence-corrected chi connectivity index (χ2v) is 6.62. The van der Waals surface area contributed by atoms with E-state index >= 15 is 0 Å². The van der Waals surface area contributed by atoms with Gasteiger partial charge in [0, 0.05) is 42.4 Å². The predicted octanol–water partition coefficient (Wildman–Crippen LogP) is 3.79. The zero-order valence-corrected chi connectivity index (χ0v) is 12.6. The average molecular weight is 293 g/mol. The molecular weight excluding hydrogens is 274 g/mol. The summed E-state index contributed by atoms with van der Waals surface area (Å²) in [5, 5.41) is 9.72. The van der Waals surface area contributed by atoms with Crippen LogP contribution in [0.5, 0.6) is 17.2 Å². The van der Waals surface area contributed by atoms with Gasteiger partial charge in [0.25, 0.3) is 0 Å². The van der Waals surface area contributed by atoms with Crippen molar-refractivity contribution in [1.29, 1.82) is 0 Å². The number of anilines is 1. The zero-order chi connectivity index (χ0) is 14.7. The molecule has 0 unspecified atom stereocenters. The molecule has 0 bridgehead atoms. The van der Waals surface area contributed by atoms with Crippen molar-refractivity contribution in [3.05, 3.63) is 46.5 Å². The van der Waals surface area contributed by atoms with E-state index in [1.54, 1.807) is 12.1 Å². The van der Waals surface area contributed by atoms with Gasteiger partial charge in [-0.25, -0.2) is 0 Å². The van der Waals surface area contributed by atoms with E-state index in [1.807, 2.05) is 6.07 Å². The highest BCUT2D eigenvalue weighted by Gasteiger charge is 2.30. The van der Waals surface area contributed by atoms with Crippen molar-refractivity contribution in [2.24, 2.45) is 0 Å². The first-order chi connectivity index (χ1) is 10.8. The molecule has 3 nitrogen and oxygen atoms in total. The minimum Gasteiger partial charge on any atom is -0.508 e. The van der Waals surface area contributed by atoms with Crippen LogP contribution in [0.2, 0.25) is 0 Å². The third-order valence-corrected chi connectivity index (χ3v) is 5.19. The van der Waals surface area contributed by atoms with Crippen LogP contribution < -0.4 is 9.64 Å². The van der Waals surface area contributed by atoms with Gasteiger partial charge in [-0.15, -0.1) is 0 Å². The van der Waals surface area contributed by atoms with Crippen LogP contribution in [0, 0.1) is 0 Å². The Morgan fingerprint density at radius 3 is 2.73 bits per heavy atom. The van der Waals surface area contributed by atoms with Crippen molar-refractivity contribution in [2.75, 3.05) is 18.0 Å². The normalized spacial score (nSPS) is 18.1. The van der Waals surface area contributed by atoms with Gasteiger partial charge in [0.05, 0.1) is 0 Å². The molecule has 3 heterocycles. The van der Waals surface area contributed by atoms with E-state index in [9.17, 15) is 5.11 Å². The number of rotatable bonds is 0. The molecule has 0 fully saturated rings. The van der Waals surface area contributed by atoms with E-state index in [0.717, 1.165) is 24.3 Å². The number of fused-ring (bicyclic) bond motifs is 3. The number of aryl methyl sites for hydroxylation is 1. The largest absolute Gasteiger partial charge is 0.508 e. The maximum atomic E-state index is 9.72. The topological polar surface area (TPSA) is 32.7 Å². The number of aromatic hydroxyl groups is 1. The van der Waals surface area contributed by atoms with Crippen molar-refractivity contribution in [3.63, 3.8) is 0 Å². The van der Waals surface area contributed by atoms with Gasteiger partial charge in [-0.05, 0) is 48.9 Å². The summed E-state index contributed by atoms with van der Waals surface area (Å²) in [5.74, 6) is 2.15.